The van der Waals surface area contributed by atoms with Crippen LogP contribution in [0.3, 0.4) is 0 Å². The lowest BCUT2D eigenvalue weighted by atomic mass is 9.99. The molecule has 0 aromatic carbocycles. The summed E-state index contributed by atoms with van der Waals surface area (Å²) in [6.07, 6.45) is 3.54. The quantitative estimate of drug-likeness (QED) is 0.723. The van der Waals surface area contributed by atoms with Gasteiger partial charge in [-0.05, 0) is 25.8 Å². The number of ether oxygens (including phenoxy) is 1. The van der Waals surface area contributed by atoms with Gasteiger partial charge in [0.05, 0.1) is 5.92 Å². The van der Waals surface area contributed by atoms with Crippen molar-refractivity contribution in [2.75, 3.05) is 19.7 Å². The lowest BCUT2D eigenvalue weighted by Crippen LogP contribution is -2.39. The summed E-state index contributed by atoms with van der Waals surface area (Å²) in [4.78, 5) is 5.17. The Morgan fingerprint density at radius 2 is 2.50 bits per heavy atom. The number of hydrogen-bond acceptors (Lipinski definition) is 4. The molecule has 1 saturated heterocycles. The predicted octanol–water partition coefficient (Wildman–Crippen LogP) is 1.12. The molecule has 2 rings (SSSR count). The minimum absolute atomic E-state index is 0.199. The van der Waals surface area contributed by atoms with Crippen molar-refractivity contribution < 1.29 is 9.57 Å². The molecule has 1 N–H and O–H groups in total. The molecule has 0 spiro atoms. The van der Waals surface area contributed by atoms with Gasteiger partial charge in [-0.25, -0.2) is 0 Å². The Bertz CT molecular complexity index is 212. The first-order chi connectivity index (χ1) is 6.90. The van der Waals surface area contributed by atoms with Crippen molar-refractivity contribution in [2.24, 2.45) is 11.1 Å². The fourth-order valence-corrected chi connectivity index (χ4v) is 1.84. The number of piperidine rings is 1. The summed E-state index contributed by atoms with van der Waals surface area (Å²) < 4.78 is 5.76. The van der Waals surface area contributed by atoms with Gasteiger partial charge in [0.2, 0.25) is 5.90 Å². The predicted molar refractivity (Wildman–Crippen MR) is 54.1 cm³/mol. The molecule has 0 saturated carbocycles. The van der Waals surface area contributed by atoms with E-state index in [4.69, 9.17) is 9.57 Å². The standard InChI is InChI=1S/C10H18N2O2/c1-2-9-7-13-12-10(14-9)8-4-3-5-11-6-8/h8-9,11H,2-7H2,1H3. The maximum Gasteiger partial charge on any atom is 0.230 e. The Balaban J connectivity index is 1.92. The van der Waals surface area contributed by atoms with Gasteiger partial charge >= 0.3 is 0 Å². The number of nitrogens with zero attached hydrogens (tertiary/aromatic N) is 1. The Kier molecular flexibility index (Phi) is 3.24. The average Bonchev–Trinajstić information content (AvgIpc) is 2.30. The number of oxime groups is 1. The molecule has 1 fully saturated rings. The molecule has 2 atom stereocenters. The first-order valence-electron chi connectivity index (χ1n) is 5.47. The molecule has 0 aliphatic carbocycles. The molecular weight excluding hydrogens is 180 g/mol. The molecule has 0 aromatic rings. The van der Waals surface area contributed by atoms with Crippen LogP contribution in [-0.4, -0.2) is 31.7 Å². The van der Waals surface area contributed by atoms with E-state index >= 15 is 0 Å². The normalized spacial score (nSPS) is 32.8. The zero-order valence-electron chi connectivity index (χ0n) is 8.66. The third-order valence-electron chi connectivity index (χ3n) is 2.80. The highest BCUT2D eigenvalue weighted by Gasteiger charge is 2.26. The van der Waals surface area contributed by atoms with Crippen LogP contribution in [0, 0.1) is 5.92 Å². The van der Waals surface area contributed by atoms with E-state index in [-0.39, 0.29) is 6.10 Å². The highest BCUT2D eigenvalue weighted by Crippen LogP contribution is 2.18. The molecular formula is C10H18N2O2. The van der Waals surface area contributed by atoms with Gasteiger partial charge in [0.25, 0.3) is 0 Å². The van der Waals surface area contributed by atoms with Gasteiger partial charge in [-0.3, -0.25) is 0 Å². The smallest absolute Gasteiger partial charge is 0.230 e. The van der Waals surface area contributed by atoms with E-state index in [9.17, 15) is 0 Å². The van der Waals surface area contributed by atoms with E-state index in [0.29, 0.717) is 12.5 Å². The van der Waals surface area contributed by atoms with E-state index in [1.807, 2.05) is 0 Å². The fourth-order valence-electron chi connectivity index (χ4n) is 1.84. The second-order valence-electron chi connectivity index (χ2n) is 3.92. The number of nitrogens with one attached hydrogen (secondary N) is 1. The van der Waals surface area contributed by atoms with Crippen LogP contribution in [0.1, 0.15) is 26.2 Å². The fraction of sp³-hybridized carbons (Fsp3) is 0.900. The van der Waals surface area contributed by atoms with E-state index in [2.05, 4.69) is 17.4 Å². The van der Waals surface area contributed by atoms with Crippen LogP contribution in [0.15, 0.2) is 5.16 Å². The van der Waals surface area contributed by atoms with Crippen LogP contribution >= 0.6 is 0 Å². The second-order valence-corrected chi connectivity index (χ2v) is 3.92. The van der Waals surface area contributed by atoms with E-state index in [1.165, 1.54) is 6.42 Å². The molecule has 2 unspecified atom stereocenters. The minimum Gasteiger partial charge on any atom is -0.471 e. The van der Waals surface area contributed by atoms with Crippen LogP contribution in [0.2, 0.25) is 0 Å². The lowest BCUT2D eigenvalue weighted by Gasteiger charge is -2.29. The van der Waals surface area contributed by atoms with E-state index < -0.39 is 0 Å². The summed E-state index contributed by atoms with van der Waals surface area (Å²) in [5.74, 6) is 1.22. The van der Waals surface area contributed by atoms with Gasteiger partial charge in [-0.2, -0.15) is 0 Å². The molecule has 2 heterocycles. The minimum atomic E-state index is 0.199. The third-order valence-corrected chi connectivity index (χ3v) is 2.80. The van der Waals surface area contributed by atoms with Crippen molar-refractivity contribution in [3.8, 4) is 0 Å². The molecule has 2 aliphatic rings. The summed E-state index contributed by atoms with van der Waals surface area (Å²) in [5, 5.41) is 7.35. The van der Waals surface area contributed by atoms with Crippen LogP contribution in [0.5, 0.6) is 0 Å². The molecule has 4 heteroatoms. The molecule has 0 bridgehead atoms. The molecule has 4 nitrogen and oxygen atoms in total. The highest BCUT2D eigenvalue weighted by atomic mass is 16.7. The monoisotopic (exact) mass is 198 g/mol. The van der Waals surface area contributed by atoms with Crippen molar-refractivity contribution >= 4 is 5.90 Å². The van der Waals surface area contributed by atoms with Crippen molar-refractivity contribution in [3.63, 3.8) is 0 Å². The molecule has 80 valence electrons. The Morgan fingerprint density at radius 3 is 3.21 bits per heavy atom. The van der Waals surface area contributed by atoms with Gasteiger partial charge in [0.15, 0.2) is 6.61 Å². The van der Waals surface area contributed by atoms with E-state index in [1.54, 1.807) is 0 Å². The molecule has 0 radical (unpaired) electrons. The topological polar surface area (TPSA) is 42.8 Å². The van der Waals surface area contributed by atoms with Crippen LogP contribution in [0.4, 0.5) is 0 Å². The van der Waals surface area contributed by atoms with Gasteiger partial charge < -0.3 is 14.9 Å². The lowest BCUT2D eigenvalue weighted by molar-refractivity contribution is 0.000356. The van der Waals surface area contributed by atoms with Crippen molar-refractivity contribution in [1.29, 1.82) is 0 Å². The van der Waals surface area contributed by atoms with E-state index in [0.717, 1.165) is 31.8 Å². The first-order valence-corrected chi connectivity index (χ1v) is 5.47. The average molecular weight is 198 g/mol. The van der Waals surface area contributed by atoms with Gasteiger partial charge in [-0.1, -0.05) is 12.1 Å². The van der Waals surface area contributed by atoms with Gasteiger partial charge in [0, 0.05) is 6.54 Å². The maximum absolute atomic E-state index is 5.76. The molecule has 2 aliphatic heterocycles. The van der Waals surface area contributed by atoms with Crippen molar-refractivity contribution in [2.45, 2.75) is 32.3 Å². The summed E-state index contributed by atoms with van der Waals surface area (Å²) in [5.41, 5.74) is 0. The van der Waals surface area contributed by atoms with Crippen molar-refractivity contribution in [3.05, 3.63) is 0 Å². The Morgan fingerprint density at radius 1 is 1.57 bits per heavy atom. The van der Waals surface area contributed by atoms with Gasteiger partial charge in [-0.15, -0.1) is 0 Å². The molecule has 14 heavy (non-hydrogen) atoms. The zero-order valence-corrected chi connectivity index (χ0v) is 8.66. The number of rotatable bonds is 2. The molecule has 0 aromatic heterocycles. The largest absolute Gasteiger partial charge is 0.471 e. The van der Waals surface area contributed by atoms with Crippen molar-refractivity contribution in [1.82, 2.24) is 5.32 Å². The summed E-state index contributed by atoms with van der Waals surface area (Å²) in [7, 11) is 0. The molecule has 0 amide bonds. The maximum atomic E-state index is 5.76. The summed E-state index contributed by atoms with van der Waals surface area (Å²) in [6.45, 7) is 4.79. The van der Waals surface area contributed by atoms with Gasteiger partial charge in [0.1, 0.15) is 6.10 Å². The summed E-state index contributed by atoms with van der Waals surface area (Å²) >= 11 is 0. The summed E-state index contributed by atoms with van der Waals surface area (Å²) in [6, 6.07) is 0. The third kappa shape index (κ3) is 2.18. The first kappa shape index (κ1) is 9.77. The number of hydrogen-bond donors (Lipinski definition) is 1. The highest BCUT2D eigenvalue weighted by molar-refractivity contribution is 5.79. The Hall–Kier alpha value is -0.770. The van der Waals surface area contributed by atoms with Crippen LogP contribution in [0.25, 0.3) is 0 Å². The second kappa shape index (κ2) is 4.64. The van der Waals surface area contributed by atoms with Crippen LogP contribution < -0.4 is 5.32 Å². The van der Waals surface area contributed by atoms with Crippen LogP contribution in [-0.2, 0) is 9.57 Å². The Labute approximate surface area is 84.6 Å². The zero-order chi connectivity index (χ0) is 9.80. The SMILES string of the molecule is CCC1CON=C(C2CCCNC2)O1.